The lowest BCUT2D eigenvalue weighted by atomic mass is 10.1. The number of nitriles is 1. The van der Waals surface area contributed by atoms with Crippen LogP contribution in [0.2, 0.25) is 0 Å². The molecule has 1 saturated carbocycles. The second-order valence-corrected chi connectivity index (χ2v) is 4.38. The molecular formula is C13H16N2. The lowest BCUT2D eigenvalue weighted by Crippen LogP contribution is -2.18. The van der Waals surface area contributed by atoms with Crippen molar-refractivity contribution in [2.45, 2.75) is 32.7 Å². The largest absolute Gasteiger partial charge is 0.381 e. The Morgan fingerprint density at radius 1 is 1.47 bits per heavy atom. The predicted octanol–water partition coefficient (Wildman–Crippen LogP) is 3.08. The first kappa shape index (κ1) is 10.0. The van der Waals surface area contributed by atoms with Gasteiger partial charge in [-0.3, -0.25) is 0 Å². The summed E-state index contributed by atoms with van der Waals surface area (Å²) in [5.41, 5.74) is 2.81. The van der Waals surface area contributed by atoms with Crippen LogP contribution in [0.25, 0.3) is 0 Å². The maximum absolute atomic E-state index is 9.08. The van der Waals surface area contributed by atoms with E-state index in [-0.39, 0.29) is 0 Å². The Morgan fingerprint density at radius 3 is 2.80 bits per heavy atom. The second-order valence-electron chi connectivity index (χ2n) is 4.38. The Bertz CT molecular complexity index is 399. The SMILES string of the molecule is Cc1cccc(NC(C)C2CC2)c1C#N. The van der Waals surface area contributed by atoms with Gasteiger partial charge < -0.3 is 5.32 Å². The monoisotopic (exact) mass is 200 g/mol. The Morgan fingerprint density at radius 2 is 2.20 bits per heavy atom. The van der Waals surface area contributed by atoms with E-state index >= 15 is 0 Å². The van der Waals surface area contributed by atoms with Crippen molar-refractivity contribution in [1.29, 1.82) is 5.26 Å². The molecule has 1 fully saturated rings. The topological polar surface area (TPSA) is 35.8 Å². The number of anilines is 1. The average Bonchev–Trinajstić information content (AvgIpc) is 3.01. The van der Waals surface area contributed by atoms with Crippen molar-refractivity contribution in [1.82, 2.24) is 0 Å². The summed E-state index contributed by atoms with van der Waals surface area (Å²) < 4.78 is 0. The van der Waals surface area contributed by atoms with Gasteiger partial charge in [-0.2, -0.15) is 5.26 Å². The van der Waals surface area contributed by atoms with Gasteiger partial charge >= 0.3 is 0 Å². The first-order valence-electron chi connectivity index (χ1n) is 5.48. The highest BCUT2D eigenvalue weighted by Crippen LogP contribution is 2.34. The van der Waals surface area contributed by atoms with Crippen molar-refractivity contribution < 1.29 is 0 Å². The van der Waals surface area contributed by atoms with Crippen molar-refractivity contribution in [3.05, 3.63) is 29.3 Å². The van der Waals surface area contributed by atoms with Crippen LogP contribution in [-0.2, 0) is 0 Å². The van der Waals surface area contributed by atoms with Gasteiger partial charge in [-0.1, -0.05) is 12.1 Å². The normalized spacial score (nSPS) is 16.9. The van der Waals surface area contributed by atoms with E-state index in [0.29, 0.717) is 6.04 Å². The Kier molecular flexibility index (Phi) is 2.64. The molecule has 0 bridgehead atoms. The molecule has 1 N–H and O–H groups in total. The van der Waals surface area contributed by atoms with E-state index in [2.05, 4.69) is 18.3 Å². The third-order valence-corrected chi connectivity index (χ3v) is 3.10. The Balaban J connectivity index is 2.20. The van der Waals surface area contributed by atoms with Crippen LogP contribution in [0.3, 0.4) is 0 Å². The van der Waals surface area contributed by atoms with Gasteiger partial charge in [0.1, 0.15) is 6.07 Å². The fraction of sp³-hybridized carbons (Fsp3) is 0.462. The summed E-state index contributed by atoms with van der Waals surface area (Å²) in [6.45, 7) is 4.17. The van der Waals surface area contributed by atoms with Gasteiger partial charge in [0, 0.05) is 6.04 Å². The number of aryl methyl sites for hydroxylation is 1. The van der Waals surface area contributed by atoms with Crippen molar-refractivity contribution >= 4 is 5.69 Å². The summed E-state index contributed by atoms with van der Waals surface area (Å²) in [4.78, 5) is 0. The summed E-state index contributed by atoms with van der Waals surface area (Å²) >= 11 is 0. The van der Waals surface area contributed by atoms with Crippen LogP contribution in [0.15, 0.2) is 18.2 Å². The Hall–Kier alpha value is -1.49. The van der Waals surface area contributed by atoms with Gasteiger partial charge in [0.05, 0.1) is 11.3 Å². The van der Waals surface area contributed by atoms with E-state index in [1.54, 1.807) is 0 Å². The van der Waals surface area contributed by atoms with Crippen LogP contribution in [0.1, 0.15) is 30.9 Å². The minimum Gasteiger partial charge on any atom is -0.381 e. The first-order chi connectivity index (χ1) is 7.22. The Labute approximate surface area is 90.9 Å². The molecule has 1 unspecified atom stereocenters. The highest BCUT2D eigenvalue weighted by Gasteiger charge is 2.28. The highest BCUT2D eigenvalue weighted by molar-refractivity contribution is 5.61. The zero-order valence-electron chi connectivity index (χ0n) is 9.25. The van der Waals surface area contributed by atoms with Gasteiger partial charge in [-0.05, 0) is 44.2 Å². The first-order valence-corrected chi connectivity index (χ1v) is 5.48. The highest BCUT2D eigenvalue weighted by atomic mass is 14.9. The van der Waals surface area contributed by atoms with Gasteiger partial charge in [0.15, 0.2) is 0 Å². The number of nitrogens with zero attached hydrogens (tertiary/aromatic N) is 1. The van der Waals surface area contributed by atoms with Gasteiger partial charge in [0.2, 0.25) is 0 Å². The maximum Gasteiger partial charge on any atom is 0.102 e. The molecule has 0 heterocycles. The number of nitrogens with one attached hydrogen (secondary N) is 1. The molecular weight excluding hydrogens is 184 g/mol. The standard InChI is InChI=1S/C13H16N2/c1-9-4-3-5-13(12(9)8-14)15-10(2)11-6-7-11/h3-5,10-11,15H,6-7H2,1-2H3. The molecule has 1 aromatic rings. The average molecular weight is 200 g/mol. The van der Waals surface area contributed by atoms with Gasteiger partial charge in [-0.15, -0.1) is 0 Å². The maximum atomic E-state index is 9.08. The molecule has 1 aliphatic rings. The van der Waals surface area contributed by atoms with E-state index in [4.69, 9.17) is 5.26 Å². The van der Waals surface area contributed by atoms with Crippen LogP contribution >= 0.6 is 0 Å². The van der Waals surface area contributed by atoms with Crippen LogP contribution in [0, 0.1) is 24.2 Å². The summed E-state index contributed by atoms with van der Waals surface area (Å²) in [5.74, 6) is 0.803. The minimum absolute atomic E-state index is 0.485. The number of hydrogen-bond donors (Lipinski definition) is 1. The van der Waals surface area contributed by atoms with Crippen LogP contribution < -0.4 is 5.32 Å². The van der Waals surface area contributed by atoms with Crippen LogP contribution in [0.4, 0.5) is 5.69 Å². The van der Waals surface area contributed by atoms with E-state index < -0.39 is 0 Å². The lowest BCUT2D eigenvalue weighted by molar-refractivity contribution is 0.694. The van der Waals surface area contributed by atoms with Gasteiger partial charge in [-0.25, -0.2) is 0 Å². The van der Waals surface area contributed by atoms with E-state index in [0.717, 1.165) is 22.7 Å². The lowest BCUT2D eigenvalue weighted by Gasteiger charge is -2.16. The van der Waals surface area contributed by atoms with Crippen molar-refractivity contribution in [2.24, 2.45) is 5.92 Å². The molecule has 0 aliphatic heterocycles. The molecule has 0 spiro atoms. The fourth-order valence-electron chi connectivity index (χ4n) is 1.90. The van der Waals surface area contributed by atoms with Crippen molar-refractivity contribution in [3.63, 3.8) is 0 Å². The zero-order chi connectivity index (χ0) is 10.8. The summed E-state index contributed by atoms with van der Waals surface area (Å²) in [5, 5.41) is 12.5. The van der Waals surface area contributed by atoms with E-state index in [1.807, 2.05) is 25.1 Å². The molecule has 1 aromatic carbocycles. The third kappa shape index (κ3) is 2.12. The summed E-state index contributed by atoms with van der Waals surface area (Å²) in [7, 11) is 0. The quantitative estimate of drug-likeness (QED) is 0.813. The molecule has 0 radical (unpaired) electrons. The number of benzene rings is 1. The van der Waals surface area contributed by atoms with Gasteiger partial charge in [0.25, 0.3) is 0 Å². The zero-order valence-corrected chi connectivity index (χ0v) is 9.25. The van der Waals surface area contributed by atoms with Crippen LogP contribution in [0.5, 0.6) is 0 Å². The molecule has 0 saturated heterocycles. The number of hydrogen-bond acceptors (Lipinski definition) is 2. The van der Waals surface area contributed by atoms with Crippen molar-refractivity contribution in [3.8, 4) is 6.07 Å². The molecule has 2 rings (SSSR count). The van der Waals surface area contributed by atoms with Crippen molar-refractivity contribution in [2.75, 3.05) is 5.32 Å². The molecule has 2 nitrogen and oxygen atoms in total. The summed E-state index contributed by atoms with van der Waals surface area (Å²) in [6.07, 6.45) is 2.64. The molecule has 15 heavy (non-hydrogen) atoms. The molecule has 0 aromatic heterocycles. The number of rotatable bonds is 3. The molecule has 1 aliphatic carbocycles. The third-order valence-electron chi connectivity index (χ3n) is 3.10. The summed E-state index contributed by atoms with van der Waals surface area (Å²) in [6, 6.07) is 8.72. The van der Waals surface area contributed by atoms with Crippen LogP contribution in [-0.4, -0.2) is 6.04 Å². The molecule has 0 amide bonds. The molecule has 2 heteroatoms. The fourth-order valence-corrected chi connectivity index (χ4v) is 1.90. The molecule has 78 valence electrons. The minimum atomic E-state index is 0.485. The van der Waals surface area contributed by atoms with E-state index in [1.165, 1.54) is 12.8 Å². The molecule has 1 atom stereocenters. The second kappa shape index (κ2) is 3.94. The van der Waals surface area contributed by atoms with E-state index in [9.17, 15) is 0 Å². The predicted molar refractivity (Wildman–Crippen MR) is 61.7 cm³/mol. The smallest absolute Gasteiger partial charge is 0.102 e.